The minimum absolute atomic E-state index is 0.136. The van der Waals surface area contributed by atoms with E-state index in [0.717, 1.165) is 12.0 Å². The molecular weight excluding hydrogens is 392 g/mol. The van der Waals surface area contributed by atoms with Gasteiger partial charge in [0, 0.05) is 5.56 Å². The van der Waals surface area contributed by atoms with E-state index in [1.807, 2.05) is 12.1 Å². The first-order chi connectivity index (χ1) is 14.0. The van der Waals surface area contributed by atoms with Crippen LogP contribution in [0.2, 0.25) is 0 Å². The molecule has 0 amide bonds. The first-order valence-corrected chi connectivity index (χ1v) is 12.3. The highest BCUT2D eigenvalue weighted by Gasteiger charge is 2.26. The SMILES string of the molecule is CCCCCCCCCCCCC1COC(c2ccc(COS(=O)(=O)O)cc2)O1. The van der Waals surface area contributed by atoms with Crippen LogP contribution >= 0.6 is 0 Å². The number of ether oxygens (including phenoxy) is 2. The van der Waals surface area contributed by atoms with Crippen LogP contribution in [-0.4, -0.2) is 25.7 Å². The Morgan fingerprint density at radius 3 is 2.14 bits per heavy atom. The number of benzene rings is 1. The smallest absolute Gasteiger partial charge is 0.346 e. The van der Waals surface area contributed by atoms with Gasteiger partial charge in [0.05, 0.1) is 19.3 Å². The molecule has 1 aromatic carbocycles. The summed E-state index contributed by atoms with van der Waals surface area (Å²) in [6.07, 6.45) is 14.0. The van der Waals surface area contributed by atoms with Crippen molar-refractivity contribution in [2.24, 2.45) is 0 Å². The maximum atomic E-state index is 10.6. The van der Waals surface area contributed by atoms with Gasteiger partial charge in [-0.3, -0.25) is 4.55 Å². The van der Waals surface area contributed by atoms with E-state index < -0.39 is 10.4 Å². The highest BCUT2D eigenvalue weighted by atomic mass is 32.3. The summed E-state index contributed by atoms with van der Waals surface area (Å²) < 4.78 is 46.0. The Balaban J connectivity index is 1.55. The van der Waals surface area contributed by atoms with Crippen LogP contribution in [0.4, 0.5) is 0 Å². The lowest BCUT2D eigenvalue weighted by Crippen LogP contribution is -2.09. The van der Waals surface area contributed by atoms with Crippen LogP contribution < -0.4 is 0 Å². The second-order valence-corrected chi connectivity index (χ2v) is 8.92. The van der Waals surface area contributed by atoms with Gasteiger partial charge in [0.25, 0.3) is 0 Å². The molecule has 1 aliphatic heterocycles. The van der Waals surface area contributed by atoms with Gasteiger partial charge in [-0.25, -0.2) is 4.18 Å². The Morgan fingerprint density at radius 2 is 1.55 bits per heavy atom. The summed E-state index contributed by atoms with van der Waals surface area (Å²) in [6.45, 7) is 2.66. The molecule has 1 fully saturated rings. The quantitative estimate of drug-likeness (QED) is 0.284. The predicted molar refractivity (Wildman–Crippen MR) is 113 cm³/mol. The van der Waals surface area contributed by atoms with Gasteiger partial charge in [0.2, 0.25) is 0 Å². The molecule has 29 heavy (non-hydrogen) atoms. The fourth-order valence-electron chi connectivity index (χ4n) is 3.55. The van der Waals surface area contributed by atoms with E-state index in [1.165, 1.54) is 64.2 Å². The van der Waals surface area contributed by atoms with Crippen molar-refractivity contribution in [1.29, 1.82) is 0 Å². The molecule has 1 heterocycles. The molecule has 0 aliphatic carbocycles. The number of rotatable bonds is 15. The molecule has 1 saturated heterocycles. The zero-order chi connectivity index (χ0) is 21.0. The largest absolute Gasteiger partial charge is 0.397 e. The molecule has 1 N–H and O–H groups in total. The standard InChI is InChI=1S/C22H36O6S/c1-2-3-4-5-6-7-8-9-10-11-12-21-18-26-22(28-21)20-15-13-19(14-16-20)17-27-29(23,24)25/h13-16,21-22H,2-12,17-18H2,1H3,(H,23,24,25). The third kappa shape index (κ3) is 10.6. The molecule has 2 unspecified atom stereocenters. The minimum Gasteiger partial charge on any atom is -0.346 e. The van der Waals surface area contributed by atoms with Crippen LogP contribution in [0.5, 0.6) is 0 Å². The predicted octanol–water partition coefficient (Wildman–Crippen LogP) is 5.73. The Labute approximate surface area is 175 Å². The van der Waals surface area contributed by atoms with Gasteiger partial charge in [0.1, 0.15) is 0 Å². The van der Waals surface area contributed by atoms with E-state index >= 15 is 0 Å². The summed E-state index contributed by atoms with van der Waals surface area (Å²) in [4.78, 5) is 0. The summed E-state index contributed by atoms with van der Waals surface area (Å²) >= 11 is 0. The van der Waals surface area contributed by atoms with E-state index in [1.54, 1.807) is 12.1 Å². The lowest BCUT2D eigenvalue weighted by molar-refractivity contribution is -0.0614. The zero-order valence-electron chi connectivity index (χ0n) is 17.6. The normalized spacial score (nSPS) is 19.7. The summed E-state index contributed by atoms with van der Waals surface area (Å²) in [5.41, 5.74) is 1.54. The molecule has 0 aromatic heterocycles. The van der Waals surface area contributed by atoms with Crippen LogP contribution in [0.15, 0.2) is 24.3 Å². The van der Waals surface area contributed by atoms with Gasteiger partial charge in [-0.2, -0.15) is 8.42 Å². The molecule has 1 aromatic rings. The third-order valence-electron chi connectivity index (χ3n) is 5.26. The maximum absolute atomic E-state index is 10.6. The summed E-state index contributed by atoms with van der Waals surface area (Å²) in [5, 5.41) is 0. The minimum atomic E-state index is -4.43. The Hall–Kier alpha value is -0.990. The van der Waals surface area contributed by atoms with Crippen LogP contribution in [0, 0.1) is 0 Å². The Morgan fingerprint density at radius 1 is 0.966 bits per heavy atom. The number of unbranched alkanes of at least 4 members (excludes halogenated alkanes) is 9. The molecule has 0 spiro atoms. The number of hydrogen-bond donors (Lipinski definition) is 1. The van der Waals surface area contributed by atoms with Gasteiger partial charge in [-0.05, 0) is 12.0 Å². The molecule has 0 saturated carbocycles. The van der Waals surface area contributed by atoms with Crippen molar-refractivity contribution >= 4 is 10.4 Å². The van der Waals surface area contributed by atoms with Crippen molar-refractivity contribution in [3.05, 3.63) is 35.4 Å². The first-order valence-electron chi connectivity index (χ1n) is 11.0. The Kier molecular flexibility index (Phi) is 11.2. The highest BCUT2D eigenvalue weighted by molar-refractivity contribution is 7.80. The van der Waals surface area contributed by atoms with E-state index in [-0.39, 0.29) is 19.0 Å². The summed E-state index contributed by atoms with van der Waals surface area (Å²) in [6, 6.07) is 7.14. The number of hydrogen-bond acceptors (Lipinski definition) is 5. The van der Waals surface area contributed by atoms with Gasteiger partial charge in [-0.1, -0.05) is 95.4 Å². The van der Waals surface area contributed by atoms with E-state index in [2.05, 4.69) is 11.1 Å². The van der Waals surface area contributed by atoms with Crippen LogP contribution in [0.25, 0.3) is 0 Å². The second kappa shape index (κ2) is 13.3. The lowest BCUT2D eigenvalue weighted by atomic mass is 10.0. The van der Waals surface area contributed by atoms with Gasteiger partial charge < -0.3 is 9.47 Å². The van der Waals surface area contributed by atoms with E-state index in [9.17, 15) is 8.42 Å². The summed E-state index contributed by atoms with van der Waals surface area (Å²) in [7, 11) is -4.43. The van der Waals surface area contributed by atoms with Crippen molar-refractivity contribution in [2.75, 3.05) is 6.61 Å². The van der Waals surface area contributed by atoms with Crippen LogP contribution in [-0.2, 0) is 30.7 Å². The average molecular weight is 429 g/mol. The van der Waals surface area contributed by atoms with Crippen molar-refractivity contribution in [1.82, 2.24) is 0 Å². The van der Waals surface area contributed by atoms with Crippen LogP contribution in [0.3, 0.4) is 0 Å². The molecule has 166 valence electrons. The van der Waals surface area contributed by atoms with Crippen LogP contribution in [0.1, 0.15) is 95.0 Å². The van der Waals surface area contributed by atoms with Gasteiger partial charge >= 0.3 is 10.4 Å². The highest BCUT2D eigenvalue weighted by Crippen LogP contribution is 2.29. The topological polar surface area (TPSA) is 82.1 Å². The van der Waals surface area contributed by atoms with E-state index in [0.29, 0.717) is 12.2 Å². The van der Waals surface area contributed by atoms with Crippen molar-refractivity contribution in [3.63, 3.8) is 0 Å². The fourth-order valence-corrected chi connectivity index (χ4v) is 3.83. The maximum Gasteiger partial charge on any atom is 0.397 e. The summed E-state index contributed by atoms with van der Waals surface area (Å²) in [5.74, 6) is 0. The molecular formula is C22H36O6S. The van der Waals surface area contributed by atoms with Crippen molar-refractivity contribution < 1.29 is 26.6 Å². The molecule has 6 nitrogen and oxygen atoms in total. The molecule has 7 heteroatoms. The second-order valence-electron chi connectivity index (χ2n) is 7.83. The molecule has 0 radical (unpaired) electrons. The molecule has 1 aliphatic rings. The fraction of sp³-hybridized carbons (Fsp3) is 0.727. The average Bonchev–Trinajstić information content (AvgIpc) is 3.16. The van der Waals surface area contributed by atoms with Gasteiger partial charge in [0.15, 0.2) is 6.29 Å². The van der Waals surface area contributed by atoms with Gasteiger partial charge in [-0.15, -0.1) is 0 Å². The zero-order valence-corrected chi connectivity index (χ0v) is 18.4. The molecule has 2 atom stereocenters. The van der Waals surface area contributed by atoms with Crippen molar-refractivity contribution in [3.8, 4) is 0 Å². The lowest BCUT2D eigenvalue weighted by Gasteiger charge is -2.12. The molecule has 2 rings (SSSR count). The van der Waals surface area contributed by atoms with Crippen molar-refractivity contribution in [2.45, 2.75) is 96.6 Å². The van der Waals surface area contributed by atoms with E-state index in [4.69, 9.17) is 14.0 Å². The monoisotopic (exact) mass is 428 g/mol. The molecule has 0 bridgehead atoms. The first kappa shape index (κ1) is 24.3. The Bertz CT molecular complexity index is 658. The third-order valence-corrected chi connectivity index (χ3v) is 5.67.